The first-order chi connectivity index (χ1) is 19.3. The van der Waals surface area contributed by atoms with Gasteiger partial charge in [-0.2, -0.15) is 18.2 Å². The summed E-state index contributed by atoms with van der Waals surface area (Å²) in [6.45, 7) is 7.77. The van der Waals surface area contributed by atoms with Crippen LogP contribution >= 0.6 is 0 Å². The van der Waals surface area contributed by atoms with E-state index in [0.717, 1.165) is 44.7 Å². The van der Waals surface area contributed by atoms with E-state index in [0.29, 0.717) is 6.04 Å². The van der Waals surface area contributed by atoms with Gasteiger partial charge in [-0.15, -0.1) is 0 Å². The summed E-state index contributed by atoms with van der Waals surface area (Å²) in [6, 6.07) is 12.6. The molecule has 4 heterocycles. The van der Waals surface area contributed by atoms with E-state index in [4.69, 9.17) is 0 Å². The molecule has 0 unspecified atom stereocenters. The Hall–Kier alpha value is -3.93. The molecule has 0 saturated carbocycles. The summed E-state index contributed by atoms with van der Waals surface area (Å²) >= 11 is 0. The molecule has 1 aliphatic rings. The Morgan fingerprint density at radius 3 is 2.37 bits per heavy atom. The number of nitrogens with one attached hydrogen (secondary N) is 1. The molecular formula is C29H35F3N8O. The predicted molar refractivity (Wildman–Crippen MR) is 154 cm³/mol. The maximum Gasteiger partial charge on any atom is 0.399 e. The van der Waals surface area contributed by atoms with Gasteiger partial charge in [-0.1, -0.05) is 6.07 Å². The van der Waals surface area contributed by atoms with Gasteiger partial charge in [0.05, 0.1) is 5.69 Å². The highest BCUT2D eigenvalue weighted by atomic mass is 19.4. The zero-order chi connectivity index (χ0) is 29.7. The Bertz CT molecular complexity index is 1610. The number of nitrogens with zero attached hydrogens (tertiary/aromatic N) is 7. The molecule has 3 aromatic heterocycles. The Balaban J connectivity index is 1.50. The molecule has 4 aromatic rings. The molecule has 0 amide bonds. The number of rotatable bonds is 7. The van der Waals surface area contributed by atoms with Crippen LogP contribution in [0.1, 0.15) is 45.9 Å². The topological polar surface area (TPSA) is 84.1 Å². The van der Waals surface area contributed by atoms with Crippen molar-refractivity contribution in [3.05, 3.63) is 64.7 Å². The van der Waals surface area contributed by atoms with E-state index in [-0.39, 0.29) is 40.1 Å². The van der Waals surface area contributed by atoms with Gasteiger partial charge in [0.15, 0.2) is 11.5 Å². The van der Waals surface area contributed by atoms with Crippen molar-refractivity contribution in [1.29, 1.82) is 0 Å². The van der Waals surface area contributed by atoms with Crippen molar-refractivity contribution >= 4 is 28.4 Å². The molecule has 1 aliphatic heterocycles. The normalized spacial score (nSPS) is 16.4. The van der Waals surface area contributed by atoms with E-state index in [9.17, 15) is 18.0 Å². The first kappa shape index (κ1) is 28.6. The van der Waals surface area contributed by atoms with Gasteiger partial charge in [-0.25, -0.2) is 19.3 Å². The molecular weight excluding hydrogens is 533 g/mol. The minimum absolute atomic E-state index is 0.158. The molecule has 12 heteroatoms. The molecule has 9 nitrogen and oxygen atoms in total. The van der Waals surface area contributed by atoms with Crippen LogP contribution in [0.25, 0.3) is 16.9 Å². The average molecular weight is 569 g/mol. The molecule has 41 heavy (non-hydrogen) atoms. The fourth-order valence-corrected chi connectivity index (χ4v) is 5.06. The molecule has 218 valence electrons. The lowest BCUT2D eigenvalue weighted by Gasteiger charge is -2.27. The van der Waals surface area contributed by atoms with E-state index in [2.05, 4.69) is 44.2 Å². The Labute approximate surface area is 236 Å². The van der Waals surface area contributed by atoms with Crippen molar-refractivity contribution in [1.82, 2.24) is 29.2 Å². The molecule has 1 N–H and O–H groups in total. The lowest BCUT2D eigenvalue weighted by atomic mass is 9.88. The standard InChI is InChI=1S/C29H35F3N8O/c1-18(2)39-26(41)22-16-33-27(34-19-10-12-20(13-11-19)38-15-14-21(17-38)37(5)6)36-25(22)40(39)24-9-7-8-23(35-24)28(3,4)29(30,31)32/h7-13,16,18,21H,14-15,17H2,1-6H3,(H,33,34,36)/t21-/m0/s1. The van der Waals surface area contributed by atoms with Gasteiger partial charge in [0.1, 0.15) is 10.8 Å². The minimum atomic E-state index is -4.51. The van der Waals surface area contributed by atoms with Gasteiger partial charge in [0.2, 0.25) is 5.95 Å². The van der Waals surface area contributed by atoms with Crippen LogP contribution in [0.4, 0.5) is 30.5 Å². The third-order valence-corrected chi connectivity index (χ3v) is 7.80. The highest BCUT2D eigenvalue weighted by Crippen LogP contribution is 2.39. The molecule has 0 bridgehead atoms. The summed E-state index contributed by atoms with van der Waals surface area (Å²) in [6.07, 6.45) is -1.96. The van der Waals surface area contributed by atoms with Gasteiger partial charge in [-0.05, 0) is 84.6 Å². The lowest BCUT2D eigenvalue weighted by Crippen LogP contribution is -2.37. The summed E-state index contributed by atoms with van der Waals surface area (Å²) in [5, 5.41) is 3.43. The second-order valence-corrected chi connectivity index (χ2v) is 11.5. The fraction of sp³-hybridized carbons (Fsp3) is 0.448. The van der Waals surface area contributed by atoms with E-state index in [1.54, 1.807) is 6.07 Å². The maximum absolute atomic E-state index is 13.8. The van der Waals surface area contributed by atoms with Crippen molar-refractivity contribution in [3.8, 4) is 5.82 Å². The largest absolute Gasteiger partial charge is 0.399 e. The molecule has 0 spiro atoms. The molecule has 0 radical (unpaired) electrons. The van der Waals surface area contributed by atoms with Crippen LogP contribution in [0.3, 0.4) is 0 Å². The number of anilines is 3. The number of hydrogen-bond acceptors (Lipinski definition) is 7. The van der Waals surface area contributed by atoms with Crippen molar-refractivity contribution in [2.45, 2.75) is 57.8 Å². The van der Waals surface area contributed by atoms with Crippen LogP contribution in [0.5, 0.6) is 0 Å². The first-order valence-corrected chi connectivity index (χ1v) is 13.6. The third-order valence-electron chi connectivity index (χ3n) is 7.80. The number of halogens is 3. The van der Waals surface area contributed by atoms with E-state index >= 15 is 0 Å². The van der Waals surface area contributed by atoms with Crippen molar-refractivity contribution in [3.63, 3.8) is 0 Å². The fourth-order valence-electron chi connectivity index (χ4n) is 5.06. The van der Waals surface area contributed by atoms with E-state index in [1.807, 2.05) is 38.1 Å². The van der Waals surface area contributed by atoms with E-state index in [1.165, 1.54) is 27.7 Å². The van der Waals surface area contributed by atoms with Crippen LogP contribution in [0.15, 0.2) is 53.5 Å². The van der Waals surface area contributed by atoms with Crippen LogP contribution in [0, 0.1) is 0 Å². The molecule has 1 aromatic carbocycles. The maximum atomic E-state index is 13.8. The number of alkyl halides is 3. The number of fused-ring (bicyclic) bond motifs is 1. The smallest absolute Gasteiger partial charge is 0.370 e. The lowest BCUT2D eigenvalue weighted by molar-refractivity contribution is -0.181. The van der Waals surface area contributed by atoms with Crippen LogP contribution in [0.2, 0.25) is 0 Å². The van der Waals surface area contributed by atoms with Crippen molar-refractivity contribution in [2.24, 2.45) is 0 Å². The van der Waals surface area contributed by atoms with E-state index < -0.39 is 11.6 Å². The SMILES string of the molecule is CC(C)n1c(=O)c2cnc(Nc3ccc(N4CC[C@H](N(C)C)C4)cc3)nc2n1-c1cccc(C(C)(C)C(F)(F)F)n1. The minimum Gasteiger partial charge on any atom is -0.370 e. The number of aromatic nitrogens is 5. The average Bonchev–Trinajstić information content (AvgIpc) is 3.52. The van der Waals surface area contributed by atoms with Gasteiger partial charge in [0, 0.05) is 42.7 Å². The highest BCUT2D eigenvalue weighted by Gasteiger charge is 2.49. The summed E-state index contributed by atoms with van der Waals surface area (Å²) in [5.74, 6) is 0.414. The van der Waals surface area contributed by atoms with Crippen molar-refractivity contribution in [2.75, 3.05) is 37.4 Å². The third kappa shape index (κ3) is 5.28. The quantitative estimate of drug-likeness (QED) is 0.325. The summed E-state index contributed by atoms with van der Waals surface area (Å²) in [5.41, 5.74) is -0.554. The number of benzene rings is 1. The van der Waals surface area contributed by atoms with Crippen LogP contribution in [-0.4, -0.2) is 68.6 Å². The number of likely N-dealkylation sites (N-methyl/N-ethyl adjacent to an activating group) is 1. The summed E-state index contributed by atoms with van der Waals surface area (Å²) < 4.78 is 44.3. The molecule has 1 saturated heterocycles. The van der Waals surface area contributed by atoms with Crippen LogP contribution in [-0.2, 0) is 5.41 Å². The highest BCUT2D eigenvalue weighted by molar-refractivity contribution is 5.77. The van der Waals surface area contributed by atoms with Gasteiger partial charge < -0.3 is 15.1 Å². The first-order valence-electron chi connectivity index (χ1n) is 13.6. The number of pyridine rings is 1. The molecule has 1 atom stereocenters. The van der Waals surface area contributed by atoms with Crippen molar-refractivity contribution < 1.29 is 13.2 Å². The molecule has 0 aliphatic carbocycles. The van der Waals surface area contributed by atoms with Crippen LogP contribution < -0.4 is 15.8 Å². The monoisotopic (exact) mass is 568 g/mol. The number of hydrogen-bond donors (Lipinski definition) is 1. The van der Waals surface area contributed by atoms with Gasteiger partial charge >= 0.3 is 6.18 Å². The second-order valence-electron chi connectivity index (χ2n) is 11.5. The molecule has 5 rings (SSSR count). The van der Waals surface area contributed by atoms with Gasteiger partial charge in [-0.3, -0.25) is 4.79 Å². The zero-order valence-electron chi connectivity index (χ0n) is 24.1. The molecule has 1 fully saturated rings. The summed E-state index contributed by atoms with van der Waals surface area (Å²) in [4.78, 5) is 31.3. The second kappa shape index (κ2) is 10.5. The van der Waals surface area contributed by atoms with Gasteiger partial charge in [0.25, 0.3) is 5.56 Å². The zero-order valence-corrected chi connectivity index (χ0v) is 24.1. The predicted octanol–water partition coefficient (Wildman–Crippen LogP) is 5.28. The Morgan fingerprint density at radius 2 is 1.76 bits per heavy atom. The Kier molecular flexibility index (Phi) is 7.31. The summed E-state index contributed by atoms with van der Waals surface area (Å²) in [7, 11) is 4.20. The Morgan fingerprint density at radius 1 is 1.05 bits per heavy atom.